The highest BCUT2D eigenvalue weighted by Gasteiger charge is 2.26. The first-order chi connectivity index (χ1) is 18.2. The van der Waals surface area contributed by atoms with Crippen molar-refractivity contribution in [2.24, 2.45) is 0 Å². The molecule has 12 heteroatoms. The maximum absolute atomic E-state index is 11.6. The van der Waals surface area contributed by atoms with E-state index in [0.29, 0.717) is 42.6 Å². The molecule has 3 aromatic carbocycles. The van der Waals surface area contributed by atoms with Crippen LogP contribution < -0.4 is 9.47 Å². The Kier molecular flexibility index (Phi) is 9.19. The van der Waals surface area contributed by atoms with E-state index in [1.165, 1.54) is 18.9 Å². The van der Waals surface area contributed by atoms with Gasteiger partial charge >= 0.3 is 0 Å². The zero-order valence-electron chi connectivity index (χ0n) is 20.7. The molecule has 0 aliphatic heterocycles. The molecule has 0 aliphatic carbocycles. The van der Waals surface area contributed by atoms with Crippen molar-refractivity contribution in [3.8, 4) is 17.2 Å². The molecule has 4 rings (SSSR count). The zero-order valence-corrected chi connectivity index (χ0v) is 24.6. The molecule has 0 bridgehead atoms. The summed E-state index contributed by atoms with van der Waals surface area (Å²) in [5.41, 5.74) is 3.50. The summed E-state index contributed by atoms with van der Waals surface area (Å²) in [6.45, 7) is 3.74. The molecule has 0 saturated carbocycles. The maximum atomic E-state index is 11.6. The van der Waals surface area contributed by atoms with Gasteiger partial charge in [0.2, 0.25) is 6.54 Å². The van der Waals surface area contributed by atoms with E-state index in [-0.39, 0.29) is 18.1 Å². The lowest BCUT2D eigenvalue weighted by Gasteiger charge is -2.18. The van der Waals surface area contributed by atoms with Crippen molar-refractivity contribution in [3.63, 3.8) is 0 Å². The number of thioether (sulfide) groups is 1. The predicted molar refractivity (Wildman–Crippen MR) is 153 cm³/mol. The number of rotatable bonds is 10. The zero-order chi connectivity index (χ0) is 27.4. The normalized spacial score (nSPS) is 11.8. The molecule has 8 nitrogen and oxygen atoms in total. The Morgan fingerprint density at radius 3 is 2.47 bits per heavy atom. The molecule has 0 amide bonds. The minimum absolute atomic E-state index is 0.219. The van der Waals surface area contributed by atoms with Crippen molar-refractivity contribution < 1.29 is 14.4 Å². The van der Waals surface area contributed by atoms with Crippen molar-refractivity contribution in [2.75, 3.05) is 13.7 Å². The summed E-state index contributed by atoms with van der Waals surface area (Å²) >= 11 is 16.9. The van der Waals surface area contributed by atoms with Crippen molar-refractivity contribution in [1.29, 1.82) is 0 Å². The van der Waals surface area contributed by atoms with Gasteiger partial charge in [0, 0.05) is 10.6 Å². The van der Waals surface area contributed by atoms with Crippen molar-refractivity contribution in [2.45, 2.75) is 30.9 Å². The van der Waals surface area contributed by atoms with Gasteiger partial charge in [0.05, 0.1) is 21.6 Å². The molecule has 1 atom stereocenters. The third-order valence-corrected chi connectivity index (χ3v) is 8.15. The molecule has 0 aliphatic rings. The Morgan fingerprint density at radius 1 is 1.08 bits per heavy atom. The number of ether oxygens (including phenoxy) is 2. The van der Waals surface area contributed by atoms with E-state index in [2.05, 4.69) is 26.1 Å². The SMILES string of the molecule is COc1cc([C@H](C[N+](=O)[O-])Sc2nnc(C)n2-c2ccc(C)cc2)cc(Br)c1OCc1ccc(Cl)c(Cl)c1. The number of hydrogen-bond acceptors (Lipinski definition) is 7. The highest BCUT2D eigenvalue weighted by Crippen LogP contribution is 2.43. The number of methoxy groups -OCH3 is 1. The number of benzene rings is 3. The molecule has 0 unspecified atom stereocenters. The van der Waals surface area contributed by atoms with Crippen LogP contribution in [0.2, 0.25) is 10.0 Å². The number of halogens is 3. The van der Waals surface area contributed by atoms with Gasteiger partial charge in [-0.25, -0.2) is 0 Å². The summed E-state index contributed by atoms with van der Waals surface area (Å²) in [4.78, 5) is 11.3. The second-order valence-corrected chi connectivity index (χ2v) is 11.2. The Morgan fingerprint density at radius 2 is 1.82 bits per heavy atom. The van der Waals surface area contributed by atoms with Crippen LogP contribution in [0.3, 0.4) is 0 Å². The third kappa shape index (κ3) is 6.61. The van der Waals surface area contributed by atoms with Gasteiger partial charge < -0.3 is 9.47 Å². The largest absolute Gasteiger partial charge is 0.493 e. The smallest absolute Gasteiger partial charge is 0.220 e. The van der Waals surface area contributed by atoms with Crippen LogP contribution in [0, 0.1) is 24.0 Å². The van der Waals surface area contributed by atoms with Crippen LogP contribution in [-0.4, -0.2) is 33.3 Å². The van der Waals surface area contributed by atoms with Gasteiger partial charge in [-0.15, -0.1) is 10.2 Å². The standard InChI is InChI=1S/C26H23BrCl2N4O4S/c1-15-4-7-19(8-5-15)33-16(2)30-31-26(33)38-24(13-32(34)35)18-11-20(27)25(23(12-18)36-3)37-14-17-6-9-21(28)22(29)10-17/h4-12,24H,13-14H2,1-3H3/t24-/m0/s1. The molecule has 4 aromatic rings. The lowest BCUT2D eigenvalue weighted by molar-refractivity contribution is -0.479. The number of nitrogens with zero attached hydrogens (tertiary/aromatic N) is 4. The lowest BCUT2D eigenvalue weighted by atomic mass is 10.1. The molecule has 1 heterocycles. The molecule has 198 valence electrons. The van der Waals surface area contributed by atoms with Crippen LogP contribution in [0.1, 0.15) is 27.8 Å². The molecular formula is C26H23BrCl2N4O4S. The summed E-state index contributed by atoms with van der Waals surface area (Å²) < 4.78 is 14.1. The van der Waals surface area contributed by atoms with E-state index in [1.54, 1.807) is 24.3 Å². The fourth-order valence-corrected chi connectivity index (χ4v) is 5.78. The first kappa shape index (κ1) is 28.2. The first-order valence-electron chi connectivity index (χ1n) is 11.4. The van der Waals surface area contributed by atoms with Crippen LogP contribution in [0.4, 0.5) is 0 Å². The third-order valence-electron chi connectivity index (χ3n) is 5.64. The van der Waals surface area contributed by atoms with Gasteiger partial charge in [-0.05, 0) is 77.3 Å². The average molecular weight is 638 g/mol. The number of nitro groups is 1. The van der Waals surface area contributed by atoms with Crippen LogP contribution in [-0.2, 0) is 6.61 Å². The fourth-order valence-electron chi connectivity index (χ4n) is 3.73. The predicted octanol–water partition coefficient (Wildman–Crippen LogP) is 7.65. The summed E-state index contributed by atoms with van der Waals surface area (Å²) in [6.07, 6.45) is 0. The number of aryl methyl sites for hydroxylation is 2. The van der Waals surface area contributed by atoms with E-state index < -0.39 is 5.25 Å². The number of hydrogen-bond donors (Lipinski definition) is 0. The molecule has 0 radical (unpaired) electrons. The van der Waals surface area contributed by atoms with E-state index >= 15 is 0 Å². The molecule has 0 spiro atoms. The van der Waals surface area contributed by atoms with Crippen LogP contribution in [0.15, 0.2) is 64.2 Å². The van der Waals surface area contributed by atoms with Gasteiger partial charge in [-0.3, -0.25) is 14.7 Å². The Bertz CT molecular complexity index is 1470. The van der Waals surface area contributed by atoms with E-state index in [9.17, 15) is 10.1 Å². The Labute approximate surface area is 242 Å². The second-order valence-electron chi connectivity index (χ2n) is 8.39. The minimum Gasteiger partial charge on any atom is -0.493 e. The van der Waals surface area contributed by atoms with Crippen LogP contribution >= 0.6 is 50.9 Å². The monoisotopic (exact) mass is 636 g/mol. The Hall–Kier alpha value is -2.79. The van der Waals surface area contributed by atoms with Crippen molar-refractivity contribution >= 4 is 50.9 Å². The topological polar surface area (TPSA) is 92.3 Å². The van der Waals surface area contributed by atoms with Gasteiger partial charge in [-0.2, -0.15) is 0 Å². The quantitative estimate of drug-likeness (QED) is 0.100. The highest BCUT2D eigenvalue weighted by atomic mass is 79.9. The number of aromatic nitrogens is 3. The molecule has 0 fully saturated rings. The lowest BCUT2D eigenvalue weighted by Crippen LogP contribution is -2.12. The van der Waals surface area contributed by atoms with Gasteiger partial charge in [0.25, 0.3) is 0 Å². The Balaban J connectivity index is 1.64. The molecule has 0 N–H and O–H groups in total. The second kappa shape index (κ2) is 12.4. The summed E-state index contributed by atoms with van der Waals surface area (Å²) in [7, 11) is 1.52. The maximum Gasteiger partial charge on any atom is 0.220 e. The van der Waals surface area contributed by atoms with Crippen molar-refractivity contribution in [3.05, 3.63) is 102 Å². The van der Waals surface area contributed by atoms with Gasteiger partial charge in [0.15, 0.2) is 16.7 Å². The molecular weight excluding hydrogens is 615 g/mol. The highest BCUT2D eigenvalue weighted by molar-refractivity contribution is 9.10. The van der Waals surface area contributed by atoms with Crippen LogP contribution in [0.25, 0.3) is 5.69 Å². The van der Waals surface area contributed by atoms with Crippen molar-refractivity contribution in [1.82, 2.24) is 14.8 Å². The molecule has 1 aromatic heterocycles. The average Bonchev–Trinajstić information content (AvgIpc) is 3.24. The van der Waals surface area contributed by atoms with Crippen LogP contribution in [0.5, 0.6) is 11.5 Å². The van der Waals surface area contributed by atoms with E-state index in [1.807, 2.05) is 48.7 Å². The molecule has 0 saturated heterocycles. The molecule has 38 heavy (non-hydrogen) atoms. The summed E-state index contributed by atoms with van der Waals surface area (Å²) in [5.74, 6) is 1.58. The van der Waals surface area contributed by atoms with E-state index in [0.717, 1.165) is 16.8 Å². The minimum atomic E-state index is -0.577. The summed E-state index contributed by atoms with van der Waals surface area (Å²) in [5, 5.41) is 21.0. The first-order valence-corrected chi connectivity index (χ1v) is 13.8. The van der Waals surface area contributed by atoms with Gasteiger partial charge in [-0.1, -0.05) is 58.7 Å². The van der Waals surface area contributed by atoms with Gasteiger partial charge in [0.1, 0.15) is 17.7 Å². The van der Waals surface area contributed by atoms with E-state index in [4.69, 9.17) is 32.7 Å². The summed E-state index contributed by atoms with van der Waals surface area (Å²) in [6, 6.07) is 16.7. The fraction of sp³-hybridized carbons (Fsp3) is 0.231.